The minimum absolute atomic E-state index is 0.161. The van der Waals surface area contributed by atoms with Crippen molar-refractivity contribution < 1.29 is 4.79 Å². The van der Waals surface area contributed by atoms with Crippen molar-refractivity contribution in [2.75, 3.05) is 0 Å². The maximum Gasteiger partial charge on any atom is 0.264 e. The molecule has 1 aliphatic rings. The second kappa shape index (κ2) is 8.58. The van der Waals surface area contributed by atoms with Gasteiger partial charge in [-0.2, -0.15) is 0 Å². The normalized spacial score (nSPS) is 16.4. The molecule has 1 N–H and O–H groups in total. The Morgan fingerprint density at radius 3 is 2.48 bits per heavy atom. The molecular weight excluding hydrogens is 449 g/mol. The van der Waals surface area contributed by atoms with E-state index >= 15 is 0 Å². The number of hydrogen-bond acceptors (Lipinski definition) is 3. The number of nitrogens with one attached hydrogen (secondary N) is 1. The highest BCUT2D eigenvalue weighted by molar-refractivity contribution is 8.18. The Bertz CT molecular complexity index is 1270. The number of hydrogen-bond donors (Lipinski definition) is 1. The van der Waals surface area contributed by atoms with Gasteiger partial charge in [0.05, 0.1) is 10.6 Å². The van der Waals surface area contributed by atoms with E-state index in [-0.39, 0.29) is 5.91 Å². The third kappa shape index (κ3) is 4.45. The predicted molar refractivity (Wildman–Crippen MR) is 132 cm³/mol. The smallest absolute Gasteiger partial charge is 0.264 e. The van der Waals surface area contributed by atoms with Crippen LogP contribution in [-0.4, -0.2) is 15.6 Å². The Kier molecular flexibility index (Phi) is 6.02. The number of benzene rings is 2. The zero-order chi connectivity index (χ0) is 22.3. The Hall–Kier alpha value is -2.47. The highest BCUT2D eigenvalue weighted by Crippen LogP contribution is 2.32. The van der Waals surface area contributed by atoms with E-state index in [1.165, 1.54) is 11.8 Å². The second-order valence-electron chi connectivity index (χ2n) is 7.51. The van der Waals surface area contributed by atoms with Gasteiger partial charge in [-0.25, -0.2) is 4.99 Å². The minimum atomic E-state index is -0.161. The van der Waals surface area contributed by atoms with Gasteiger partial charge in [0.15, 0.2) is 5.17 Å². The molecule has 0 saturated carbocycles. The number of rotatable bonds is 3. The van der Waals surface area contributed by atoms with E-state index in [1.807, 2.05) is 64.1 Å². The first-order valence-electron chi connectivity index (χ1n) is 9.74. The van der Waals surface area contributed by atoms with Crippen molar-refractivity contribution in [3.8, 4) is 5.69 Å². The number of amidine groups is 1. The fourth-order valence-corrected chi connectivity index (χ4v) is 4.65. The summed E-state index contributed by atoms with van der Waals surface area (Å²) >= 11 is 13.7. The van der Waals surface area contributed by atoms with Crippen molar-refractivity contribution in [1.29, 1.82) is 0 Å². The summed E-state index contributed by atoms with van der Waals surface area (Å²) in [6.45, 7) is 8.02. The van der Waals surface area contributed by atoms with Gasteiger partial charge in [-0.3, -0.25) is 4.79 Å². The van der Waals surface area contributed by atoms with Crippen molar-refractivity contribution in [2.24, 2.45) is 4.99 Å². The highest BCUT2D eigenvalue weighted by atomic mass is 35.5. The molecule has 2 aromatic carbocycles. The van der Waals surface area contributed by atoms with E-state index in [4.69, 9.17) is 23.2 Å². The second-order valence-corrected chi connectivity index (χ2v) is 9.38. The summed E-state index contributed by atoms with van der Waals surface area (Å²) in [7, 11) is 0. The SMILES string of the molecule is Cc1ccc(-n2c(C)cc(/C=C3\SC(=Nc4cc(Cl)ccc4C)NC3=O)c2C)cc1Cl. The van der Waals surface area contributed by atoms with Gasteiger partial charge in [-0.05, 0) is 92.6 Å². The van der Waals surface area contributed by atoms with Crippen LogP contribution in [0.15, 0.2) is 52.4 Å². The summed E-state index contributed by atoms with van der Waals surface area (Å²) < 4.78 is 2.14. The maximum absolute atomic E-state index is 12.6. The van der Waals surface area contributed by atoms with Gasteiger partial charge in [-0.15, -0.1) is 0 Å². The standard InChI is InChI=1S/C24H21Cl2N3OS/c1-13-6-8-19(12-20(13)26)29-15(3)9-17(16(29)4)10-22-23(30)28-24(31-22)27-21-11-18(25)7-5-14(21)2/h5-12H,1-4H3,(H,27,28,30)/b22-10-. The number of halogens is 2. The summed E-state index contributed by atoms with van der Waals surface area (Å²) in [5, 5.41) is 4.73. The molecule has 1 fully saturated rings. The Balaban J connectivity index is 1.66. The van der Waals surface area contributed by atoms with Crippen LogP contribution < -0.4 is 5.32 Å². The van der Waals surface area contributed by atoms with Gasteiger partial charge in [0.2, 0.25) is 0 Å². The number of amides is 1. The van der Waals surface area contributed by atoms with Crippen LogP contribution in [0, 0.1) is 27.7 Å². The van der Waals surface area contributed by atoms with Gasteiger partial charge in [0.1, 0.15) is 0 Å². The first kappa shape index (κ1) is 21.8. The van der Waals surface area contributed by atoms with Gasteiger partial charge < -0.3 is 9.88 Å². The number of thioether (sulfide) groups is 1. The van der Waals surface area contributed by atoms with E-state index in [1.54, 1.807) is 6.07 Å². The van der Waals surface area contributed by atoms with Gasteiger partial charge >= 0.3 is 0 Å². The average Bonchev–Trinajstić information content (AvgIpc) is 3.19. The maximum atomic E-state index is 12.6. The molecule has 0 aliphatic carbocycles. The largest absolute Gasteiger partial charge is 0.318 e. The van der Waals surface area contributed by atoms with Crippen LogP contribution in [0.25, 0.3) is 11.8 Å². The molecule has 4 rings (SSSR count). The van der Waals surface area contributed by atoms with Crippen molar-refractivity contribution in [3.63, 3.8) is 0 Å². The van der Waals surface area contributed by atoms with Crippen LogP contribution >= 0.6 is 35.0 Å². The van der Waals surface area contributed by atoms with Gasteiger partial charge in [-0.1, -0.05) is 35.3 Å². The van der Waals surface area contributed by atoms with E-state index < -0.39 is 0 Å². The summed E-state index contributed by atoms with van der Waals surface area (Å²) in [6.07, 6.45) is 1.90. The number of nitrogens with zero attached hydrogens (tertiary/aromatic N) is 2. The van der Waals surface area contributed by atoms with E-state index in [2.05, 4.69) is 20.9 Å². The van der Waals surface area contributed by atoms with E-state index in [0.717, 1.165) is 44.5 Å². The molecule has 158 valence electrons. The van der Waals surface area contributed by atoms with Crippen LogP contribution in [0.1, 0.15) is 28.1 Å². The average molecular weight is 470 g/mol. The van der Waals surface area contributed by atoms with Crippen molar-refractivity contribution in [2.45, 2.75) is 27.7 Å². The Labute approximate surface area is 196 Å². The van der Waals surface area contributed by atoms with Crippen LogP contribution in [0.5, 0.6) is 0 Å². The topological polar surface area (TPSA) is 46.4 Å². The molecule has 0 radical (unpaired) electrons. The molecule has 7 heteroatoms. The Morgan fingerprint density at radius 2 is 1.74 bits per heavy atom. The molecule has 0 spiro atoms. The molecule has 1 aliphatic heterocycles. The van der Waals surface area contributed by atoms with E-state index in [9.17, 15) is 4.79 Å². The van der Waals surface area contributed by atoms with Gasteiger partial charge in [0, 0.05) is 27.1 Å². The zero-order valence-corrected chi connectivity index (χ0v) is 19.9. The van der Waals surface area contributed by atoms with Gasteiger partial charge in [0.25, 0.3) is 5.91 Å². The van der Waals surface area contributed by atoms with Crippen LogP contribution in [-0.2, 0) is 4.79 Å². The molecule has 0 atom stereocenters. The molecule has 4 nitrogen and oxygen atoms in total. The van der Waals surface area contributed by atoms with E-state index in [0.29, 0.717) is 15.1 Å². The minimum Gasteiger partial charge on any atom is -0.318 e. The summed E-state index contributed by atoms with van der Waals surface area (Å²) in [4.78, 5) is 17.7. The molecule has 0 bridgehead atoms. The van der Waals surface area contributed by atoms with Crippen LogP contribution in [0.2, 0.25) is 10.0 Å². The number of aromatic nitrogens is 1. The summed E-state index contributed by atoms with van der Waals surface area (Å²) in [5.74, 6) is -0.161. The lowest BCUT2D eigenvalue weighted by Gasteiger charge is -2.11. The van der Waals surface area contributed by atoms with Crippen molar-refractivity contribution in [1.82, 2.24) is 9.88 Å². The first-order valence-corrected chi connectivity index (χ1v) is 11.3. The molecular formula is C24H21Cl2N3OS. The number of aliphatic imine (C=N–C) groups is 1. The quantitative estimate of drug-likeness (QED) is 0.423. The molecule has 3 aromatic rings. The lowest BCUT2D eigenvalue weighted by Crippen LogP contribution is -2.19. The molecule has 1 aromatic heterocycles. The Morgan fingerprint density at radius 1 is 1.00 bits per heavy atom. The van der Waals surface area contributed by atoms with Crippen LogP contribution in [0.3, 0.4) is 0 Å². The molecule has 2 heterocycles. The number of aryl methyl sites for hydroxylation is 3. The summed E-state index contributed by atoms with van der Waals surface area (Å²) in [5.41, 5.74) is 6.85. The first-order chi connectivity index (χ1) is 14.7. The number of carbonyl (C=O) groups excluding carboxylic acids is 1. The molecule has 31 heavy (non-hydrogen) atoms. The monoisotopic (exact) mass is 469 g/mol. The lowest BCUT2D eigenvalue weighted by atomic mass is 10.2. The number of carbonyl (C=O) groups is 1. The molecule has 1 saturated heterocycles. The third-order valence-electron chi connectivity index (χ3n) is 5.21. The van der Waals surface area contributed by atoms with Crippen molar-refractivity contribution in [3.05, 3.63) is 85.5 Å². The molecule has 1 amide bonds. The fraction of sp³-hybridized carbons (Fsp3) is 0.167. The third-order valence-corrected chi connectivity index (χ3v) is 6.77. The lowest BCUT2D eigenvalue weighted by molar-refractivity contribution is -0.115. The van der Waals surface area contributed by atoms with Crippen LogP contribution in [0.4, 0.5) is 5.69 Å². The summed E-state index contributed by atoms with van der Waals surface area (Å²) in [6, 6.07) is 13.6. The predicted octanol–water partition coefficient (Wildman–Crippen LogP) is 6.91. The zero-order valence-electron chi connectivity index (χ0n) is 17.6. The highest BCUT2D eigenvalue weighted by Gasteiger charge is 2.25. The molecule has 0 unspecified atom stereocenters. The van der Waals surface area contributed by atoms with Crippen molar-refractivity contribution >= 4 is 57.8 Å². The fourth-order valence-electron chi connectivity index (χ4n) is 3.49.